The quantitative estimate of drug-likeness (QED) is 0.290. The molecule has 8 heteroatoms. The predicted molar refractivity (Wildman–Crippen MR) is 121 cm³/mol. The zero-order valence-corrected chi connectivity index (χ0v) is 17.9. The number of thiophene rings is 1. The maximum Gasteiger partial charge on any atom is 0.317 e. The van der Waals surface area contributed by atoms with E-state index in [-0.39, 0.29) is 12.3 Å². The van der Waals surface area contributed by atoms with Crippen LogP contribution in [0.5, 0.6) is 5.75 Å². The van der Waals surface area contributed by atoms with Gasteiger partial charge in [0.15, 0.2) is 0 Å². The summed E-state index contributed by atoms with van der Waals surface area (Å²) in [6, 6.07) is 17.7. The first kappa shape index (κ1) is 20.3. The molecule has 1 N–H and O–H groups in total. The van der Waals surface area contributed by atoms with Gasteiger partial charge in [-0.2, -0.15) is 0 Å². The number of ether oxygens (including phenoxy) is 1. The molecule has 5 nitrogen and oxygen atoms in total. The molecule has 0 spiro atoms. The van der Waals surface area contributed by atoms with Crippen LogP contribution in [0.15, 0.2) is 71.4 Å². The van der Waals surface area contributed by atoms with E-state index in [4.69, 9.17) is 16.3 Å². The number of amides is 1. The molecule has 0 atom stereocenters. The van der Waals surface area contributed by atoms with Crippen molar-refractivity contribution in [2.24, 2.45) is 0 Å². The Morgan fingerprint density at radius 3 is 2.53 bits per heavy atom. The van der Waals surface area contributed by atoms with Crippen LogP contribution in [0.4, 0.5) is 5.69 Å². The second-order valence-electron chi connectivity index (χ2n) is 6.23. The van der Waals surface area contributed by atoms with Crippen molar-refractivity contribution < 1.29 is 14.3 Å². The van der Waals surface area contributed by atoms with Crippen LogP contribution in [-0.4, -0.2) is 16.9 Å². The van der Waals surface area contributed by atoms with E-state index < -0.39 is 5.97 Å². The molecule has 0 aliphatic carbocycles. The number of halogens is 1. The van der Waals surface area contributed by atoms with E-state index in [1.807, 2.05) is 35.0 Å². The molecule has 2 heterocycles. The molecule has 4 aromatic rings. The zero-order chi connectivity index (χ0) is 20.9. The Kier molecular flexibility index (Phi) is 6.23. The van der Waals surface area contributed by atoms with Crippen LogP contribution in [0.2, 0.25) is 5.02 Å². The first-order chi connectivity index (χ1) is 14.6. The molecule has 150 valence electrons. The lowest BCUT2D eigenvalue weighted by atomic mass is 10.2. The fourth-order valence-corrected chi connectivity index (χ4v) is 4.43. The highest BCUT2D eigenvalue weighted by Crippen LogP contribution is 2.30. The van der Waals surface area contributed by atoms with Gasteiger partial charge in [-0.05, 0) is 41.8 Å². The SMILES string of the molecule is O=C(Cc1csc(-c2ccccc2Cl)n1)Oc1ccc(NC(=O)c2cccs2)cc1. The number of thiazole rings is 1. The van der Waals surface area contributed by atoms with Gasteiger partial charge in [0, 0.05) is 16.6 Å². The molecule has 2 aromatic carbocycles. The number of rotatable bonds is 6. The van der Waals surface area contributed by atoms with Gasteiger partial charge in [-0.25, -0.2) is 4.98 Å². The van der Waals surface area contributed by atoms with E-state index in [2.05, 4.69) is 10.3 Å². The number of nitrogens with one attached hydrogen (secondary N) is 1. The summed E-state index contributed by atoms with van der Waals surface area (Å²) in [4.78, 5) is 29.4. The number of anilines is 1. The van der Waals surface area contributed by atoms with Gasteiger partial charge in [-0.1, -0.05) is 35.9 Å². The van der Waals surface area contributed by atoms with Crippen LogP contribution in [0, 0.1) is 0 Å². The molecule has 0 fully saturated rings. The smallest absolute Gasteiger partial charge is 0.317 e. The summed E-state index contributed by atoms with van der Waals surface area (Å²) >= 11 is 9.00. The maximum atomic E-state index is 12.3. The molecule has 0 aliphatic heterocycles. The number of esters is 1. The lowest BCUT2D eigenvalue weighted by molar-refractivity contribution is -0.133. The van der Waals surface area contributed by atoms with E-state index in [1.54, 1.807) is 36.4 Å². The minimum absolute atomic E-state index is 0.0534. The summed E-state index contributed by atoms with van der Waals surface area (Å²) in [5, 5.41) is 7.84. The Morgan fingerprint density at radius 1 is 1.00 bits per heavy atom. The van der Waals surface area contributed by atoms with Crippen molar-refractivity contribution >= 4 is 51.8 Å². The molecule has 0 radical (unpaired) electrons. The lowest BCUT2D eigenvalue weighted by Crippen LogP contribution is -2.12. The van der Waals surface area contributed by atoms with Gasteiger partial charge >= 0.3 is 5.97 Å². The van der Waals surface area contributed by atoms with Crippen molar-refractivity contribution in [1.29, 1.82) is 0 Å². The first-order valence-corrected chi connectivity index (χ1v) is 11.1. The van der Waals surface area contributed by atoms with Crippen LogP contribution >= 0.6 is 34.3 Å². The summed E-state index contributed by atoms with van der Waals surface area (Å²) in [6.07, 6.45) is 0.0534. The number of aromatic nitrogens is 1. The third-order valence-electron chi connectivity index (χ3n) is 4.07. The van der Waals surface area contributed by atoms with Crippen molar-refractivity contribution in [3.8, 4) is 16.3 Å². The van der Waals surface area contributed by atoms with E-state index in [0.29, 0.717) is 27.0 Å². The number of hydrogen-bond acceptors (Lipinski definition) is 6. The Morgan fingerprint density at radius 2 is 1.80 bits per heavy atom. The second kappa shape index (κ2) is 9.21. The van der Waals surface area contributed by atoms with Crippen LogP contribution in [0.1, 0.15) is 15.4 Å². The standard InChI is InChI=1S/C22H15ClN2O3S2/c23-18-5-2-1-4-17(18)22-25-15(13-30-22)12-20(26)28-16-9-7-14(8-10-16)24-21(27)19-6-3-11-29-19/h1-11,13H,12H2,(H,24,27). The molecule has 2 aromatic heterocycles. The molecular weight excluding hydrogens is 440 g/mol. The largest absolute Gasteiger partial charge is 0.426 e. The van der Waals surface area contributed by atoms with Crippen LogP contribution in [-0.2, 0) is 11.2 Å². The minimum atomic E-state index is -0.415. The second-order valence-corrected chi connectivity index (χ2v) is 8.44. The van der Waals surface area contributed by atoms with Crippen LogP contribution in [0.3, 0.4) is 0 Å². The normalized spacial score (nSPS) is 10.6. The molecule has 0 saturated carbocycles. The van der Waals surface area contributed by atoms with Crippen LogP contribution in [0.25, 0.3) is 10.6 Å². The molecule has 0 bridgehead atoms. The lowest BCUT2D eigenvalue weighted by Gasteiger charge is -2.06. The molecule has 0 saturated heterocycles. The summed E-state index contributed by atoms with van der Waals surface area (Å²) in [5.41, 5.74) is 2.08. The maximum absolute atomic E-state index is 12.3. The van der Waals surface area contributed by atoms with E-state index in [0.717, 1.165) is 10.6 Å². The van der Waals surface area contributed by atoms with Gasteiger partial charge in [0.1, 0.15) is 10.8 Å². The number of benzene rings is 2. The summed E-state index contributed by atoms with van der Waals surface area (Å²) in [5.74, 6) is -0.190. The van der Waals surface area contributed by atoms with Crippen molar-refractivity contribution in [3.63, 3.8) is 0 Å². The third-order valence-corrected chi connectivity index (χ3v) is 6.19. The number of nitrogens with zero attached hydrogens (tertiary/aromatic N) is 1. The number of carbonyl (C=O) groups excluding carboxylic acids is 2. The van der Waals surface area contributed by atoms with Gasteiger partial charge in [-0.15, -0.1) is 22.7 Å². The highest BCUT2D eigenvalue weighted by atomic mass is 35.5. The van der Waals surface area contributed by atoms with E-state index in [9.17, 15) is 9.59 Å². The van der Waals surface area contributed by atoms with Crippen molar-refractivity contribution in [2.45, 2.75) is 6.42 Å². The van der Waals surface area contributed by atoms with E-state index in [1.165, 1.54) is 22.7 Å². The monoisotopic (exact) mass is 454 g/mol. The molecule has 4 rings (SSSR count). The zero-order valence-electron chi connectivity index (χ0n) is 15.5. The Hall–Kier alpha value is -3.00. The van der Waals surface area contributed by atoms with Gasteiger partial charge in [-0.3, -0.25) is 9.59 Å². The fourth-order valence-electron chi connectivity index (χ4n) is 2.67. The van der Waals surface area contributed by atoms with E-state index >= 15 is 0 Å². The van der Waals surface area contributed by atoms with Gasteiger partial charge in [0.25, 0.3) is 5.91 Å². The molecule has 1 amide bonds. The molecule has 30 heavy (non-hydrogen) atoms. The van der Waals surface area contributed by atoms with Crippen LogP contribution < -0.4 is 10.1 Å². The van der Waals surface area contributed by atoms with Gasteiger partial charge < -0.3 is 10.1 Å². The highest BCUT2D eigenvalue weighted by molar-refractivity contribution is 7.13. The molecule has 0 unspecified atom stereocenters. The molecular formula is C22H15ClN2O3S2. The predicted octanol–water partition coefficient (Wildman–Crippen LogP) is 5.93. The Labute approximate surface area is 185 Å². The minimum Gasteiger partial charge on any atom is -0.426 e. The van der Waals surface area contributed by atoms with Crippen molar-refractivity contribution in [1.82, 2.24) is 4.98 Å². The average Bonchev–Trinajstić information content (AvgIpc) is 3.42. The van der Waals surface area contributed by atoms with Crippen molar-refractivity contribution in [2.75, 3.05) is 5.32 Å². The average molecular weight is 455 g/mol. The third kappa shape index (κ3) is 4.94. The number of hydrogen-bond donors (Lipinski definition) is 1. The van der Waals surface area contributed by atoms with Gasteiger partial charge in [0.05, 0.1) is 22.0 Å². The molecule has 0 aliphatic rings. The highest BCUT2D eigenvalue weighted by Gasteiger charge is 2.13. The summed E-state index contributed by atoms with van der Waals surface area (Å²) < 4.78 is 5.38. The first-order valence-electron chi connectivity index (χ1n) is 8.93. The number of carbonyl (C=O) groups is 2. The topological polar surface area (TPSA) is 68.3 Å². The summed E-state index contributed by atoms with van der Waals surface area (Å²) in [6.45, 7) is 0. The summed E-state index contributed by atoms with van der Waals surface area (Å²) in [7, 11) is 0. The van der Waals surface area contributed by atoms with Gasteiger partial charge in [0.2, 0.25) is 0 Å². The Balaban J connectivity index is 1.34. The Bertz CT molecular complexity index is 1170. The fraction of sp³-hybridized carbons (Fsp3) is 0.0455. The van der Waals surface area contributed by atoms with Crippen molar-refractivity contribution in [3.05, 3.63) is 87.0 Å².